The number of hydrogen-bond donors (Lipinski definition) is 1. The van der Waals surface area contributed by atoms with Crippen molar-refractivity contribution >= 4 is 17.8 Å². The first kappa shape index (κ1) is 12.6. The number of hydrogen-bond acceptors (Lipinski definition) is 3. The summed E-state index contributed by atoms with van der Waals surface area (Å²) in [5.41, 5.74) is -1.33. The highest BCUT2D eigenvalue weighted by atomic mass is 16.4. The van der Waals surface area contributed by atoms with Crippen LogP contribution in [0, 0.1) is 23.7 Å². The van der Waals surface area contributed by atoms with Gasteiger partial charge in [-0.2, -0.15) is 0 Å². The van der Waals surface area contributed by atoms with Crippen LogP contribution in [0.5, 0.6) is 0 Å². The largest absolute Gasteiger partial charge is 0.479 e. The second-order valence-corrected chi connectivity index (χ2v) is 6.53. The van der Waals surface area contributed by atoms with Crippen LogP contribution in [0.3, 0.4) is 0 Å². The van der Waals surface area contributed by atoms with Crippen LogP contribution >= 0.6 is 0 Å². The summed E-state index contributed by atoms with van der Waals surface area (Å²) >= 11 is 0. The topological polar surface area (TPSA) is 74.7 Å². The normalized spacial score (nSPS) is 37.4. The first-order chi connectivity index (χ1) is 8.87. The van der Waals surface area contributed by atoms with E-state index in [0.717, 1.165) is 17.7 Å². The van der Waals surface area contributed by atoms with E-state index >= 15 is 0 Å². The smallest absolute Gasteiger partial charge is 0.330 e. The molecule has 0 aromatic heterocycles. The van der Waals surface area contributed by atoms with Gasteiger partial charge in [-0.1, -0.05) is 6.92 Å². The number of carbonyl (C=O) groups is 3. The highest BCUT2D eigenvalue weighted by molar-refractivity contribution is 6.09. The highest BCUT2D eigenvalue weighted by Crippen LogP contribution is 2.50. The molecule has 3 fully saturated rings. The number of carboxylic acids is 1. The molecular formula is C14H19NO4. The molecule has 2 aliphatic carbocycles. The average molecular weight is 265 g/mol. The Morgan fingerprint density at radius 3 is 2.05 bits per heavy atom. The monoisotopic (exact) mass is 265 g/mol. The van der Waals surface area contributed by atoms with E-state index in [9.17, 15) is 19.5 Å². The minimum Gasteiger partial charge on any atom is -0.479 e. The van der Waals surface area contributed by atoms with Crippen molar-refractivity contribution in [3.8, 4) is 0 Å². The van der Waals surface area contributed by atoms with Crippen molar-refractivity contribution in [1.29, 1.82) is 0 Å². The van der Waals surface area contributed by atoms with Gasteiger partial charge >= 0.3 is 5.97 Å². The predicted octanol–water partition coefficient (Wildman–Crippen LogP) is 1.27. The molecule has 0 radical (unpaired) electrons. The highest BCUT2D eigenvalue weighted by Gasteiger charge is 2.62. The van der Waals surface area contributed by atoms with Gasteiger partial charge in [0, 0.05) is 0 Å². The molecule has 0 spiro atoms. The zero-order valence-corrected chi connectivity index (χ0v) is 11.3. The van der Waals surface area contributed by atoms with Gasteiger partial charge in [-0.05, 0) is 44.4 Å². The molecule has 104 valence electrons. The number of fused-ring (bicyclic) bond motifs is 1. The van der Waals surface area contributed by atoms with Crippen molar-refractivity contribution in [3.63, 3.8) is 0 Å². The molecule has 5 heteroatoms. The zero-order valence-electron chi connectivity index (χ0n) is 11.3. The number of rotatable bonds is 3. The molecule has 5 nitrogen and oxygen atoms in total. The molecule has 1 saturated heterocycles. The lowest BCUT2D eigenvalue weighted by Gasteiger charge is -2.34. The fourth-order valence-electron chi connectivity index (χ4n) is 3.83. The molecule has 0 bridgehead atoms. The summed E-state index contributed by atoms with van der Waals surface area (Å²) in [5.74, 6) is -1.81. The van der Waals surface area contributed by atoms with Crippen LogP contribution in [0.2, 0.25) is 0 Å². The lowest BCUT2D eigenvalue weighted by atomic mass is 9.93. The summed E-state index contributed by atoms with van der Waals surface area (Å²) in [6.07, 6.45) is 3.00. The van der Waals surface area contributed by atoms with Gasteiger partial charge in [-0.3, -0.25) is 14.5 Å². The molecule has 1 heterocycles. The number of carbonyl (C=O) groups excluding carboxylic acids is 2. The van der Waals surface area contributed by atoms with Crippen molar-refractivity contribution < 1.29 is 19.5 Å². The second-order valence-electron chi connectivity index (χ2n) is 6.53. The quantitative estimate of drug-likeness (QED) is 0.780. The second kappa shape index (κ2) is 3.81. The number of amides is 2. The third kappa shape index (κ3) is 1.56. The maximum Gasteiger partial charge on any atom is 0.330 e. The van der Waals surface area contributed by atoms with Gasteiger partial charge in [0.2, 0.25) is 11.8 Å². The van der Waals surface area contributed by atoms with E-state index in [4.69, 9.17) is 0 Å². The van der Waals surface area contributed by atoms with Gasteiger partial charge in [0.05, 0.1) is 11.8 Å². The van der Waals surface area contributed by atoms with E-state index in [1.807, 2.05) is 6.92 Å². The molecule has 3 aliphatic rings. The van der Waals surface area contributed by atoms with Crippen LogP contribution in [-0.4, -0.2) is 33.3 Å². The van der Waals surface area contributed by atoms with E-state index in [0.29, 0.717) is 18.8 Å². The summed E-state index contributed by atoms with van der Waals surface area (Å²) < 4.78 is 0. The van der Waals surface area contributed by atoms with E-state index in [-0.39, 0.29) is 29.6 Å². The van der Waals surface area contributed by atoms with Crippen LogP contribution in [-0.2, 0) is 14.4 Å². The van der Waals surface area contributed by atoms with Gasteiger partial charge in [0.15, 0.2) is 0 Å². The molecule has 3 rings (SSSR count). The number of aliphatic carboxylic acids is 1. The first-order valence-corrected chi connectivity index (χ1v) is 6.98. The molecule has 0 aromatic rings. The fourth-order valence-corrected chi connectivity index (χ4v) is 3.83. The number of imide groups is 1. The van der Waals surface area contributed by atoms with Gasteiger partial charge in [0.25, 0.3) is 0 Å². The molecule has 0 aromatic carbocycles. The van der Waals surface area contributed by atoms with E-state index < -0.39 is 11.5 Å². The Labute approximate surface area is 112 Å². The molecule has 2 amide bonds. The lowest BCUT2D eigenvalue weighted by molar-refractivity contribution is -0.164. The minimum absolute atomic E-state index is 0.0749. The summed E-state index contributed by atoms with van der Waals surface area (Å²) in [4.78, 5) is 37.6. The lowest BCUT2D eigenvalue weighted by Crippen LogP contribution is -2.57. The number of likely N-dealkylation sites (tertiary alicyclic amines) is 1. The summed E-state index contributed by atoms with van der Waals surface area (Å²) in [7, 11) is 0. The molecule has 3 unspecified atom stereocenters. The fraction of sp³-hybridized carbons (Fsp3) is 0.786. The van der Waals surface area contributed by atoms with Crippen molar-refractivity contribution in [2.45, 2.75) is 45.1 Å². The molecular weight excluding hydrogens is 246 g/mol. The molecule has 1 aliphatic heterocycles. The Kier molecular flexibility index (Phi) is 2.53. The first-order valence-electron chi connectivity index (χ1n) is 6.98. The van der Waals surface area contributed by atoms with Crippen LogP contribution in [0.1, 0.15) is 39.5 Å². The van der Waals surface area contributed by atoms with E-state index in [1.165, 1.54) is 6.92 Å². The van der Waals surface area contributed by atoms with Crippen LogP contribution in [0.4, 0.5) is 0 Å². The molecule has 1 N–H and O–H groups in total. The summed E-state index contributed by atoms with van der Waals surface area (Å²) in [6, 6.07) is 0. The third-order valence-corrected chi connectivity index (χ3v) is 5.14. The van der Waals surface area contributed by atoms with Crippen molar-refractivity contribution in [2.75, 3.05) is 0 Å². The molecule has 19 heavy (non-hydrogen) atoms. The Balaban J connectivity index is 1.96. The number of nitrogens with zero attached hydrogens (tertiary/aromatic N) is 1. The Bertz CT molecular complexity index is 446. The van der Waals surface area contributed by atoms with Crippen molar-refractivity contribution in [2.24, 2.45) is 23.7 Å². The van der Waals surface area contributed by atoms with E-state index in [2.05, 4.69) is 0 Å². The minimum atomic E-state index is -1.33. The van der Waals surface area contributed by atoms with Gasteiger partial charge in [0.1, 0.15) is 5.54 Å². The van der Waals surface area contributed by atoms with Gasteiger partial charge < -0.3 is 5.11 Å². The van der Waals surface area contributed by atoms with Crippen LogP contribution in [0.25, 0.3) is 0 Å². The summed E-state index contributed by atoms with van der Waals surface area (Å²) in [5, 5.41) is 9.51. The van der Waals surface area contributed by atoms with Crippen LogP contribution < -0.4 is 0 Å². The SMILES string of the molecule is CC1CC2C(=O)N(C(C)(C(=O)O)C3CC3)C(=O)C2C1. The average Bonchev–Trinajstić information content (AvgIpc) is 3.07. The Hall–Kier alpha value is -1.39. The third-order valence-electron chi connectivity index (χ3n) is 5.14. The van der Waals surface area contributed by atoms with Gasteiger partial charge in [-0.15, -0.1) is 0 Å². The van der Waals surface area contributed by atoms with Crippen LogP contribution in [0.15, 0.2) is 0 Å². The van der Waals surface area contributed by atoms with Gasteiger partial charge in [-0.25, -0.2) is 4.79 Å². The Morgan fingerprint density at radius 1 is 1.21 bits per heavy atom. The van der Waals surface area contributed by atoms with Crippen molar-refractivity contribution in [1.82, 2.24) is 4.90 Å². The van der Waals surface area contributed by atoms with E-state index in [1.54, 1.807) is 0 Å². The zero-order chi connectivity index (χ0) is 13.9. The number of carboxylic acid groups (broad SMARTS) is 1. The molecule has 2 saturated carbocycles. The maximum atomic E-state index is 12.5. The van der Waals surface area contributed by atoms with Crippen molar-refractivity contribution in [3.05, 3.63) is 0 Å². The predicted molar refractivity (Wildman–Crippen MR) is 66.0 cm³/mol. The molecule has 3 atom stereocenters. The summed E-state index contributed by atoms with van der Waals surface area (Å²) in [6.45, 7) is 3.58. The maximum absolute atomic E-state index is 12.5. The Morgan fingerprint density at radius 2 is 1.68 bits per heavy atom. The standard InChI is InChI=1S/C14H19NO4/c1-7-5-9-10(6-7)12(17)15(11(9)16)14(2,13(18)19)8-3-4-8/h7-10H,3-6H2,1-2H3,(H,18,19).